The highest BCUT2D eigenvalue weighted by atomic mass is 16.3. The van der Waals surface area contributed by atoms with Gasteiger partial charge in [-0.1, -0.05) is 164 Å². The molecule has 8 aromatic rings. The Morgan fingerprint density at radius 2 is 0.939 bits per heavy atom. The second-order valence-corrected chi connectivity index (χ2v) is 12.4. The lowest BCUT2D eigenvalue weighted by Crippen LogP contribution is -2.45. The zero-order valence-electron chi connectivity index (χ0n) is 26.8. The molecule has 9 rings (SSSR count). The van der Waals surface area contributed by atoms with Crippen molar-refractivity contribution in [2.24, 2.45) is 4.99 Å². The molecule has 0 bridgehead atoms. The first kappa shape index (κ1) is 29.0. The van der Waals surface area contributed by atoms with Crippen LogP contribution >= 0.6 is 0 Å². The molecule has 0 saturated carbocycles. The summed E-state index contributed by atoms with van der Waals surface area (Å²) in [6, 6.07) is 61.5. The summed E-state index contributed by atoms with van der Waals surface area (Å²) in [5.41, 5.74) is 12.0. The van der Waals surface area contributed by atoms with Gasteiger partial charge < -0.3 is 9.73 Å². The quantitative estimate of drug-likeness (QED) is 0.192. The van der Waals surface area contributed by atoms with Crippen LogP contribution in [0.25, 0.3) is 55.3 Å². The largest absolute Gasteiger partial charge is 0.456 e. The lowest BCUT2D eigenvalue weighted by Gasteiger charge is -2.32. The van der Waals surface area contributed by atoms with E-state index in [2.05, 4.69) is 174 Å². The van der Waals surface area contributed by atoms with Crippen molar-refractivity contribution >= 4 is 27.8 Å². The fourth-order valence-electron chi connectivity index (χ4n) is 6.97. The monoisotopic (exact) mass is 631 g/mol. The van der Waals surface area contributed by atoms with Gasteiger partial charge in [0.05, 0.1) is 0 Å². The van der Waals surface area contributed by atoms with E-state index in [1.165, 1.54) is 22.3 Å². The maximum absolute atomic E-state index is 6.49. The molecule has 0 fully saturated rings. The first-order chi connectivity index (χ1) is 24.3. The van der Waals surface area contributed by atoms with Crippen LogP contribution in [0.2, 0.25) is 0 Å². The Morgan fingerprint density at radius 3 is 1.57 bits per heavy atom. The summed E-state index contributed by atoms with van der Waals surface area (Å²) in [6.45, 7) is 0. The van der Waals surface area contributed by atoms with Gasteiger partial charge in [-0.05, 0) is 51.1 Å². The number of rotatable bonds is 6. The van der Waals surface area contributed by atoms with Crippen LogP contribution in [0.5, 0.6) is 0 Å². The molecule has 4 heteroatoms. The highest BCUT2D eigenvalue weighted by molar-refractivity contribution is 6.14. The van der Waals surface area contributed by atoms with Crippen molar-refractivity contribution in [1.29, 1.82) is 0 Å². The van der Waals surface area contributed by atoms with E-state index in [0.717, 1.165) is 55.6 Å². The summed E-state index contributed by atoms with van der Waals surface area (Å²) in [5, 5.41) is 9.84. The van der Waals surface area contributed by atoms with Gasteiger partial charge in [-0.3, -0.25) is 5.32 Å². The smallest absolute Gasteiger partial charge is 0.136 e. The fraction of sp³-hybridized carbons (Fsp3) is 0.0444. The fourth-order valence-corrected chi connectivity index (χ4v) is 6.97. The van der Waals surface area contributed by atoms with Gasteiger partial charge >= 0.3 is 0 Å². The SMILES string of the molecule is c1ccc(-c2ccc(C3=NC(c4ccc(-c5ccccc5)cc4)NC(c4cccc5oc6cccc(-c7ccccc7)c6c45)N3)cc2)cc1. The summed E-state index contributed by atoms with van der Waals surface area (Å²) in [4.78, 5) is 5.27. The molecule has 1 aliphatic heterocycles. The molecule has 234 valence electrons. The van der Waals surface area contributed by atoms with E-state index in [0.29, 0.717) is 0 Å². The number of benzene rings is 7. The molecule has 1 aliphatic rings. The second-order valence-electron chi connectivity index (χ2n) is 12.4. The normalized spacial score (nSPS) is 16.0. The maximum atomic E-state index is 6.49. The summed E-state index contributed by atoms with van der Waals surface area (Å²) >= 11 is 0. The molecule has 1 aromatic heterocycles. The van der Waals surface area contributed by atoms with Gasteiger partial charge in [0, 0.05) is 21.9 Å². The van der Waals surface area contributed by atoms with Crippen LogP contribution in [0.4, 0.5) is 0 Å². The number of hydrogen-bond acceptors (Lipinski definition) is 4. The topological polar surface area (TPSA) is 49.6 Å². The van der Waals surface area contributed by atoms with Crippen molar-refractivity contribution in [3.05, 3.63) is 193 Å². The molecular weight excluding hydrogens is 599 g/mol. The van der Waals surface area contributed by atoms with Crippen molar-refractivity contribution in [3.63, 3.8) is 0 Å². The molecule has 7 aromatic carbocycles. The lowest BCUT2D eigenvalue weighted by molar-refractivity contribution is 0.411. The van der Waals surface area contributed by atoms with Crippen molar-refractivity contribution < 1.29 is 4.42 Å². The molecule has 2 N–H and O–H groups in total. The standard InChI is InChI=1S/C45H33N3O/c1-4-12-30(13-5-1)32-22-26-35(27-23-32)43-46-44(36-28-24-33(25-29-36)31-14-6-2-7-15-31)48-45(47-43)38-19-11-21-40-42(38)41-37(18-10-20-39(41)49-40)34-16-8-3-9-17-34/h1-29,43,45,47H,(H,46,48). The highest BCUT2D eigenvalue weighted by Crippen LogP contribution is 2.40. The maximum Gasteiger partial charge on any atom is 0.136 e. The zero-order chi connectivity index (χ0) is 32.6. The van der Waals surface area contributed by atoms with Gasteiger partial charge in [-0.25, -0.2) is 4.99 Å². The van der Waals surface area contributed by atoms with Crippen LogP contribution in [-0.2, 0) is 0 Å². The van der Waals surface area contributed by atoms with E-state index < -0.39 is 0 Å². The predicted molar refractivity (Wildman–Crippen MR) is 201 cm³/mol. The number of aliphatic imine (C=N–C) groups is 1. The molecule has 4 nitrogen and oxygen atoms in total. The number of amidine groups is 1. The van der Waals surface area contributed by atoms with Gasteiger partial charge in [0.2, 0.25) is 0 Å². The van der Waals surface area contributed by atoms with Gasteiger partial charge in [-0.15, -0.1) is 0 Å². The van der Waals surface area contributed by atoms with Gasteiger partial charge in [0.25, 0.3) is 0 Å². The Hall–Kier alpha value is -6.23. The van der Waals surface area contributed by atoms with Crippen molar-refractivity contribution in [1.82, 2.24) is 10.6 Å². The Kier molecular flexibility index (Phi) is 7.34. The minimum atomic E-state index is -0.276. The third-order valence-corrected chi connectivity index (χ3v) is 9.41. The van der Waals surface area contributed by atoms with E-state index in [1.807, 2.05) is 12.1 Å². The first-order valence-corrected chi connectivity index (χ1v) is 16.7. The van der Waals surface area contributed by atoms with Crippen LogP contribution in [0.15, 0.2) is 185 Å². The molecule has 2 unspecified atom stereocenters. The van der Waals surface area contributed by atoms with Gasteiger partial charge in [0.1, 0.15) is 29.3 Å². The molecule has 0 saturated heterocycles. The van der Waals surface area contributed by atoms with Crippen molar-refractivity contribution in [3.8, 4) is 33.4 Å². The summed E-state index contributed by atoms with van der Waals surface area (Å²) < 4.78 is 6.49. The first-order valence-electron chi connectivity index (χ1n) is 16.7. The molecule has 2 atom stereocenters. The Labute approximate surface area is 285 Å². The average Bonchev–Trinajstić information content (AvgIpc) is 3.58. The number of nitrogens with one attached hydrogen (secondary N) is 2. The van der Waals surface area contributed by atoms with Crippen molar-refractivity contribution in [2.45, 2.75) is 12.3 Å². The average molecular weight is 632 g/mol. The molecule has 0 amide bonds. The molecule has 0 radical (unpaired) electrons. The lowest BCUT2D eigenvalue weighted by atomic mass is 9.95. The van der Waals surface area contributed by atoms with Crippen LogP contribution in [-0.4, -0.2) is 5.84 Å². The molecule has 0 aliphatic carbocycles. The molecule has 49 heavy (non-hydrogen) atoms. The number of nitrogens with zero attached hydrogens (tertiary/aromatic N) is 1. The van der Waals surface area contributed by atoms with Crippen LogP contribution in [0, 0.1) is 0 Å². The number of fused-ring (bicyclic) bond motifs is 3. The van der Waals surface area contributed by atoms with E-state index >= 15 is 0 Å². The van der Waals surface area contributed by atoms with Crippen LogP contribution < -0.4 is 10.6 Å². The predicted octanol–water partition coefficient (Wildman–Crippen LogP) is 10.9. The summed E-state index contributed by atoms with van der Waals surface area (Å²) in [5.74, 6) is 0.841. The van der Waals surface area contributed by atoms with Crippen LogP contribution in [0.1, 0.15) is 29.0 Å². The molecule has 2 heterocycles. The highest BCUT2D eigenvalue weighted by Gasteiger charge is 2.28. The minimum absolute atomic E-state index is 0.242. The zero-order valence-corrected chi connectivity index (χ0v) is 26.8. The Bertz CT molecular complexity index is 2420. The minimum Gasteiger partial charge on any atom is -0.456 e. The van der Waals surface area contributed by atoms with E-state index in [4.69, 9.17) is 9.41 Å². The second kappa shape index (κ2) is 12.4. The van der Waals surface area contributed by atoms with Crippen LogP contribution in [0.3, 0.4) is 0 Å². The Morgan fingerprint density at radius 1 is 0.429 bits per heavy atom. The van der Waals surface area contributed by atoms with E-state index in [-0.39, 0.29) is 12.3 Å². The molecular formula is C45H33N3O. The van der Waals surface area contributed by atoms with Crippen molar-refractivity contribution in [2.75, 3.05) is 0 Å². The summed E-state index contributed by atoms with van der Waals surface area (Å²) in [7, 11) is 0. The van der Waals surface area contributed by atoms with Gasteiger partial charge in [-0.2, -0.15) is 0 Å². The van der Waals surface area contributed by atoms with Gasteiger partial charge in [0.15, 0.2) is 0 Å². The van der Waals surface area contributed by atoms with E-state index in [9.17, 15) is 0 Å². The Balaban J connectivity index is 1.16. The van der Waals surface area contributed by atoms with E-state index in [1.54, 1.807) is 0 Å². The third kappa shape index (κ3) is 5.48. The third-order valence-electron chi connectivity index (χ3n) is 9.41. The number of furan rings is 1. The summed E-state index contributed by atoms with van der Waals surface area (Å²) in [6.07, 6.45) is -0.518. The molecule has 0 spiro atoms. The number of hydrogen-bond donors (Lipinski definition) is 2.